The molecule has 172 valence electrons. The molecule has 1 N–H and O–H groups in total. The Labute approximate surface area is 216 Å². The van der Waals surface area contributed by atoms with Crippen molar-refractivity contribution in [3.8, 4) is 0 Å². The molecule has 0 aliphatic carbocycles. The normalized spacial score (nSPS) is 12.6. The SMILES string of the molecule is OC(CN(Cc1ccccc1)Cc1ccccc1)Cn1c2ccc(Br)cc2c2cc(Br)ccc21. The van der Waals surface area contributed by atoms with Crippen LogP contribution in [-0.2, 0) is 19.6 Å². The predicted octanol–water partition coefficient (Wildman–Crippen LogP) is 7.38. The Morgan fingerprint density at radius 2 is 1.15 bits per heavy atom. The third-order valence-corrected chi connectivity index (χ3v) is 7.14. The van der Waals surface area contributed by atoms with Crippen LogP contribution in [0.4, 0.5) is 0 Å². The van der Waals surface area contributed by atoms with E-state index < -0.39 is 6.10 Å². The van der Waals surface area contributed by atoms with Gasteiger partial charge in [0.1, 0.15) is 0 Å². The summed E-state index contributed by atoms with van der Waals surface area (Å²) in [5.74, 6) is 0. The van der Waals surface area contributed by atoms with E-state index in [-0.39, 0.29) is 0 Å². The van der Waals surface area contributed by atoms with Crippen LogP contribution in [0.5, 0.6) is 0 Å². The average Bonchev–Trinajstić information content (AvgIpc) is 3.12. The summed E-state index contributed by atoms with van der Waals surface area (Å²) >= 11 is 7.23. The van der Waals surface area contributed by atoms with Gasteiger partial charge in [0, 0.05) is 50.4 Å². The van der Waals surface area contributed by atoms with Crippen molar-refractivity contribution < 1.29 is 5.11 Å². The first-order valence-corrected chi connectivity index (χ1v) is 13.0. The molecule has 0 amide bonds. The molecule has 0 aliphatic rings. The fraction of sp³-hybridized carbons (Fsp3) is 0.172. The summed E-state index contributed by atoms with van der Waals surface area (Å²) in [7, 11) is 0. The van der Waals surface area contributed by atoms with Crippen molar-refractivity contribution in [1.29, 1.82) is 0 Å². The first-order valence-electron chi connectivity index (χ1n) is 11.4. The van der Waals surface area contributed by atoms with E-state index in [0.29, 0.717) is 13.1 Å². The van der Waals surface area contributed by atoms with Crippen LogP contribution in [0, 0.1) is 0 Å². The van der Waals surface area contributed by atoms with Crippen LogP contribution >= 0.6 is 31.9 Å². The number of aliphatic hydroxyl groups excluding tert-OH is 1. The molecule has 1 atom stereocenters. The molecule has 5 heteroatoms. The Bertz CT molecular complexity index is 1300. The summed E-state index contributed by atoms with van der Waals surface area (Å²) in [4.78, 5) is 2.33. The Morgan fingerprint density at radius 3 is 1.62 bits per heavy atom. The van der Waals surface area contributed by atoms with Gasteiger partial charge in [-0.15, -0.1) is 0 Å². The summed E-state index contributed by atoms with van der Waals surface area (Å²) < 4.78 is 4.35. The van der Waals surface area contributed by atoms with E-state index in [1.54, 1.807) is 0 Å². The number of halogens is 2. The maximum absolute atomic E-state index is 11.3. The molecule has 3 nitrogen and oxygen atoms in total. The fourth-order valence-electron chi connectivity index (χ4n) is 4.68. The summed E-state index contributed by atoms with van der Waals surface area (Å²) in [5.41, 5.74) is 4.76. The van der Waals surface area contributed by atoms with Gasteiger partial charge >= 0.3 is 0 Å². The van der Waals surface area contributed by atoms with Crippen LogP contribution in [0.25, 0.3) is 21.8 Å². The van der Waals surface area contributed by atoms with Crippen molar-refractivity contribution in [2.75, 3.05) is 6.54 Å². The van der Waals surface area contributed by atoms with Gasteiger partial charge < -0.3 is 9.67 Å². The minimum Gasteiger partial charge on any atom is -0.390 e. The third kappa shape index (κ3) is 5.28. The van der Waals surface area contributed by atoms with Crippen LogP contribution in [0.15, 0.2) is 106 Å². The van der Waals surface area contributed by atoms with Crippen molar-refractivity contribution in [2.45, 2.75) is 25.7 Å². The zero-order chi connectivity index (χ0) is 23.5. The number of aromatic nitrogens is 1. The summed E-state index contributed by atoms with van der Waals surface area (Å²) in [6.45, 7) is 2.70. The topological polar surface area (TPSA) is 28.4 Å². The molecule has 0 fully saturated rings. The smallest absolute Gasteiger partial charge is 0.0846 e. The molecule has 0 radical (unpaired) electrons. The van der Waals surface area contributed by atoms with Crippen LogP contribution in [0.3, 0.4) is 0 Å². The van der Waals surface area contributed by atoms with Gasteiger partial charge in [0.15, 0.2) is 0 Å². The lowest BCUT2D eigenvalue weighted by molar-refractivity contribution is 0.0926. The average molecular weight is 578 g/mol. The van der Waals surface area contributed by atoms with Crippen molar-refractivity contribution >= 4 is 53.7 Å². The molecule has 0 saturated heterocycles. The largest absolute Gasteiger partial charge is 0.390 e. The van der Waals surface area contributed by atoms with Crippen molar-refractivity contribution in [2.24, 2.45) is 0 Å². The molecule has 34 heavy (non-hydrogen) atoms. The Kier molecular flexibility index (Phi) is 7.16. The second kappa shape index (κ2) is 10.4. The van der Waals surface area contributed by atoms with Gasteiger partial charge in [-0.05, 0) is 47.5 Å². The van der Waals surface area contributed by atoms with Gasteiger partial charge in [-0.1, -0.05) is 92.5 Å². The minimum atomic E-state index is -0.515. The van der Waals surface area contributed by atoms with Crippen LogP contribution < -0.4 is 0 Å². The first kappa shape index (κ1) is 23.3. The number of aliphatic hydroxyl groups is 1. The number of benzene rings is 4. The number of fused-ring (bicyclic) bond motifs is 3. The van der Waals surface area contributed by atoms with Gasteiger partial charge in [-0.2, -0.15) is 0 Å². The third-order valence-electron chi connectivity index (χ3n) is 6.15. The molecule has 4 aromatic carbocycles. The predicted molar refractivity (Wildman–Crippen MR) is 148 cm³/mol. The lowest BCUT2D eigenvalue weighted by Crippen LogP contribution is -2.34. The molecule has 0 spiro atoms. The highest BCUT2D eigenvalue weighted by molar-refractivity contribution is 9.10. The molecule has 5 aromatic rings. The van der Waals surface area contributed by atoms with E-state index in [4.69, 9.17) is 0 Å². The quantitative estimate of drug-likeness (QED) is 0.208. The van der Waals surface area contributed by atoms with E-state index in [2.05, 4.69) is 126 Å². The van der Waals surface area contributed by atoms with E-state index in [1.807, 2.05) is 12.1 Å². The molecule has 0 bridgehead atoms. The van der Waals surface area contributed by atoms with Gasteiger partial charge in [0.05, 0.1) is 12.6 Å². The van der Waals surface area contributed by atoms with Crippen molar-refractivity contribution in [3.05, 3.63) is 117 Å². The first-order chi connectivity index (χ1) is 16.6. The monoisotopic (exact) mass is 576 g/mol. The van der Waals surface area contributed by atoms with E-state index >= 15 is 0 Å². The second-order valence-electron chi connectivity index (χ2n) is 8.73. The van der Waals surface area contributed by atoms with E-state index in [0.717, 1.165) is 33.1 Å². The number of hydrogen-bond acceptors (Lipinski definition) is 2. The summed E-state index contributed by atoms with van der Waals surface area (Å²) in [6, 6.07) is 33.7. The lowest BCUT2D eigenvalue weighted by atomic mass is 10.1. The maximum Gasteiger partial charge on any atom is 0.0846 e. The fourth-order valence-corrected chi connectivity index (χ4v) is 5.40. The Morgan fingerprint density at radius 1 is 0.676 bits per heavy atom. The Balaban J connectivity index is 1.43. The number of rotatable bonds is 8. The standard InChI is InChI=1S/C29H26Br2N2O/c30-23-11-13-28-26(15-23)27-16-24(31)12-14-29(27)33(28)20-25(34)19-32(17-21-7-3-1-4-8-21)18-22-9-5-2-6-10-22/h1-16,25,34H,17-20H2. The lowest BCUT2D eigenvalue weighted by Gasteiger charge is -2.26. The van der Waals surface area contributed by atoms with Gasteiger partial charge in [-0.25, -0.2) is 0 Å². The second-order valence-corrected chi connectivity index (χ2v) is 10.6. The molecular formula is C29H26Br2N2O. The molecule has 1 aromatic heterocycles. The number of hydrogen-bond donors (Lipinski definition) is 1. The molecule has 1 unspecified atom stereocenters. The minimum absolute atomic E-state index is 0.515. The summed E-state index contributed by atoms with van der Waals surface area (Å²) in [5, 5.41) is 13.7. The molecular weight excluding hydrogens is 552 g/mol. The molecule has 1 heterocycles. The van der Waals surface area contributed by atoms with Crippen LogP contribution in [0.2, 0.25) is 0 Å². The van der Waals surface area contributed by atoms with Crippen LogP contribution in [-0.4, -0.2) is 27.2 Å². The van der Waals surface area contributed by atoms with E-state index in [9.17, 15) is 5.11 Å². The van der Waals surface area contributed by atoms with Crippen molar-refractivity contribution in [3.63, 3.8) is 0 Å². The maximum atomic E-state index is 11.3. The number of nitrogens with zero attached hydrogens (tertiary/aromatic N) is 2. The van der Waals surface area contributed by atoms with Crippen LogP contribution in [0.1, 0.15) is 11.1 Å². The Hall–Kier alpha value is -2.44. The van der Waals surface area contributed by atoms with Gasteiger partial charge in [-0.3, -0.25) is 4.90 Å². The molecule has 0 saturated carbocycles. The van der Waals surface area contributed by atoms with E-state index in [1.165, 1.54) is 21.9 Å². The molecule has 5 rings (SSSR count). The highest BCUT2D eigenvalue weighted by Crippen LogP contribution is 2.33. The zero-order valence-electron chi connectivity index (χ0n) is 18.7. The summed E-state index contributed by atoms with van der Waals surface area (Å²) in [6.07, 6.45) is -0.515. The zero-order valence-corrected chi connectivity index (χ0v) is 21.9. The highest BCUT2D eigenvalue weighted by Gasteiger charge is 2.18. The highest BCUT2D eigenvalue weighted by atomic mass is 79.9. The van der Waals surface area contributed by atoms with Gasteiger partial charge in [0.25, 0.3) is 0 Å². The van der Waals surface area contributed by atoms with Gasteiger partial charge in [0.2, 0.25) is 0 Å². The van der Waals surface area contributed by atoms with Crippen molar-refractivity contribution in [1.82, 2.24) is 9.47 Å². The molecule has 0 aliphatic heterocycles.